The van der Waals surface area contributed by atoms with Crippen LogP contribution in [0.4, 0.5) is 4.79 Å². The zero-order valence-corrected chi connectivity index (χ0v) is 39.0. The number of nitrogens with zero attached hydrogens (tertiary/aromatic N) is 6. The minimum atomic E-state index is -2.20. The van der Waals surface area contributed by atoms with Crippen molar-refractivity contribution in [1.29, 1.82) is 0 Å². The molecule has 3 N–H and O–H groups in total. The highest BCUT2D eigenvalue weighted by atomic mass is 32.1. The fraction of sp³-hybridized carbons (Fsp3) is 0.574. The Balaban J connectivity index is 1.18. The average Bonchev–Trinajstić information content (AvgIpc) is 4.08. The maximum absolute atomic E-state index is 14.6. The third-order valence-corrected chi connectivity index (χ3v) is 14.3. The van der Waals surface area contributed by atoms with Crippen LogP contribution in [0.15, 0.2) is 41.9 Å². The third-order valence-electron chi connectivity index (χ3n) is 13.4. The first-order chi connectivity index (χ1) is 30.5. The molecule has 3 saturated heterocycles. The highest BCUT2D eigenvalue weighted by Crippen LogP contribution is 2.42. The monoisotopic (exact) mass is 898 g/mol. The van der Waals surface area contributed by atoms with Crippen molar-refractivity contribution in [2.24, 2.45) is 23.2 Å². The average molecular weight is 899 g/mol. The van der Waals surface area contributed by atoms with Crippen LogP contribution in [0, 0.1) is 23.2 Å². The number of hydrazine groups is 1. The molecule has 4 aromatic rings. The van der Waals surface area contributed by atoms with E-state index in [2.05, 4.69) is 46.5 Å². The summed E-state index contributed by atoms with van der Waals surface area (Å²) in [7, 11) is 3.30. The number of urea groups is 1. The smallest absolute Gasteiger partial charge is 0.355 e. The molecule has 344 valence electrons. The Morgan fingerprint density at radius 1 is 1.14 bits per heavy atom. The van der Waals surface area contributed by atoms with Gasteiger partial charge in [0.05, 0.1) is 48.0 Å². The third kappa shape index (κ3) is 8.76. The second-order valence-electron chi connectivity index (χ2n) is 19.0. The number of esters is 1. The number of methoxy groups -OCH3 is 1. The quantitative estimate of drug-likeness (QED) is 0.199. The summed E-state index contributed by atoms with van der Waals surface area (Å²) in [6, 6.07) is 7.99. The van der Waals surface area contributed by atoms with Gasteiger partial charge in [-0.2, -0.15) is 5.43 Å². The van der Waals surface area contributed by atoms with Crippen LogP contribution in [-0.2, 0) is 48.0 Å². The van der Waals surface area contributed by atoms with Crippen LogP contribution in [-0.4, -0.2) is 130 Å². The SMILES string of the molecule is CCn1c(-c2cccnc2[C@H](C)OC)c2c3cc(ccc31)-c1csc(n1)C[C@H](NC(=O)[C@H](C(C)C)N(C)C(=O)N1C[C@H]3COC[C@H]3C1)C(=O)N1CCC[C@@](O)(N1)C(=O)OCC(C)(C)C2. The number of amides is 4. The molecule has 16 nitrogen and oxygen atoms in total. The lowest BCUT2D eigenvalue weighted by atomic mass is 9.84. The van der Waals surface area contributed by atoms with Gasteiger partial charge in [0.25, 0.3) is 5.91 Å². The normalized spacial score (nSPS) is 24.6. The molecule has 0 aliphatic carbocycles. The highest BCUT2D eigenvalue weighted by Gasteiger charge is 2.46. The van der Waals surface area contributed by atoms with Crippen molar-refractivity contribution in [2.45, 2.75) is 97.7 Å². The van der Waals surface area contributed by atoms with E-state index in [0.29, 0.717) is 50.7 Å². The zero-order valence-electron chi connectivity index (χ0n) is 38.2. The van der Waals surface area contributed by atoms with Gasteiger partial charge in [-0.05, 0) is 62.4 Å². The number of carbonyl (C=O) groups excluding carboxylic acids is 4. The summed E-state index contributed by atoms with van der Waals surface area (Å²) in [6.07, 6.45) is 2.32. The number of ether oxygens (including phenoxy) is 3. The number of nitrogens with one attached hydrogen (secondary N) is 2. The Kier molecular flexibility index (Phi) is 12.9. The summed E-state index contributed by atoms with van der Waals surface area (Å²) in [6.45, 7) is 15.1. The Morgan fingerprint density at radius 3 is 2.59 bits per heavy atom. The number of aliphatic hydroxyl groups is 1. The molecule has 6 atom stereocenters. The molecule has 6 bridgehead atoms. The van der Waals surface area contributed by atoms with Gasteiger partial charge in [-0.1, -0.05) is 33.8 Å². The van der Waals surface area contributed by atoms with Crippen LogP contribution in [0.3, 0.4) is 0 Å². The van der Waals surface area contributed by atoms with Crippen molar-refractivity contribution in [1.82, 2.24) is 40.1 Å². The Bertz CT molecular complexity index is 2400. The van der Waals surface area contributed by atoms with Crippen LogP contribution >= 0.6 is 11.3 Å². The van der Waals surface area contributed by atoms with Gasteiger partial charge < -0.3 is 39.0 Å². The fourth-order valence-electron chi connectivity index (χ4n) is 9.97. The number of aryl methyl sites for hydroxylation is 1. The van der Waals surface area contributed by atoms with Gasteiger partial charge in [0.2, 0.25) is 11.6 Å². The van der Waals surface area contributed by atoms with Crippen molar-refractivity contribution in [3.8, 4) is 22.5 Å². The minimum Gasteiger partial charge on any atom is -0.462 e. The van der Waals surface area contributed by atoms with Gasteiger partial charge >= 0.3 is 12.0 Å². The number of hydrogen-bond donors (Lipinski definition) is 3. The molecule has 0 saturated carbocycles. The molecule has 8 rings (SSSR count). The van der Waals surface area contributed by atoms with Crippen molar-refractivity contribution in [3.05, 3.63) is 58.2 Å². The summed E-state index contributed by atoms with van der Waals surface area (Å²) in [5.41, 5.74) is 6.38. The number of thiazole rings is 1. The number of hydrogen-bond acceptors (Lipinski definition) is 12. The number of aromatic nitrogens is 3. The number of likely N-dealkylation sites (tertiary alicyclic amines) is 1. The standard InChI is InChI=1S/C47H62N8O8S/c1-9-54-37-14-13-29-18-33(37)34(41(54)32-12-10-16-48-39(32)28(4)61-8)20-46(5,6)26-63-44(58)47(60)15-11-17-55(51-47)43(57)35(19-38-49-36(29)25-64-38)50-42(56)40(27(2)3)52(7)45(59)53-21-30-23-62-24-31(30)22-53/h10,12-14,16,18,25,27-28,30-31,35,40,51,60H,9,11,15,17,19-24,26H2,1-8H3,(H,50,56)/t28-,30-,31+,35-,40-,47-/m0/s1. The van der Waals surface area contributed by atoms with Crippen LogP contribution in [0.2, 0.25) is 0 Å². The molecule has 3 fully saturated rings. The number of benzene rings is 1. The number of likely N-dealkylation sites (N-methyl/N-ethyl adjacent to an activating group) is 1. The topological polar surface area (TPSA) is 181 Å². The number of carbonyl (C=O) groups is 4. The largest absolute Gasteiger partial charge is 0.462 e. The molecule has 3 aromatic heterocycles. The van der Waals surface area contributed by atoms with Crippen molar-refractivity contribution in [3.63, 3.8) is 0 Å². The van der Waals surface area contributed by atoms with E-state index in [9.17, 15) is 24.3 Å². The second-order valence-corrected chi connectivity index (χ2v) is 20.0. The van der Waals surface area contributed by atoms with E-state index in [1.807, 2.05) is 46.1 Å². The van der Waals surface area contributed by atoms with Crippen LogP contribution < -0.4 is 10.7 Å². The molecule has 4 aliphatic rings. The van der Waals surface area contributed by atoms with E-state index in [1.54, 1.807) is 25.3 Å². The summed E-state index contributed by atoms with van der Waals surface area (Å²) in [5, 5.41) is 19.6. The number of cyclic esters (lactones) is 1. The second kappa shape index (κ2) is 18.1. The molecule has 7 heterocycles. The first kappa shape index (κ1) is 45.6. The van der Waals surface area contributed by atoms with E-state index < -0.39 is 41.0 Å². The predicted octanol–water partition coefficient (Wildman–Crippen LogP) is 5.18. The molecule has 4 aliphatic heterocycles. The molecular weight excluding hydrogens is 837 g/mol. The van der Waals surface area contributed by atoms with Gasteiger partial charge in [-0.3, -0.25) is 19.6 Å². The summed E-state index contributed by atoms with van der Waals surface area (Å²) in [5.74, 6) is -1.69. The summed E-state index contributed by atoms with van der Waals surface area (Å²) >= 11 is 1.38. The number of pyridine rings is 1. The molecule has 17 heteroatoms. The minimum absolute atomic E-state index is 0.00789. The van der Waals surface area contributed by atoms with Crippen LogP contribution in [0.5, 0.6) is 0 Å². The van der Waals surface area contributed by atoms with Gasteiger partial charge in [-0.15, -0.1) is 11.3 Å². The van der Waals surface area contributed by atoms with Crippen molar-refractivity contribution < 1.29 is 38.5 Å². The Hall–Kier alpha value is -4.94. The molecule has 4 amide bonds. The molecule has 64 heavy (non-hydrogen) atoms. The number of rotatable bonds is 8. The number of fused-ring (bicyclic) bond motifs is 7. The highest BCUT2D eigenvalue weighted by molar-refractivity contribution is 7.10. The predicted molar refractivity (Wildman–Crippen MR) is 242 cm³/mol. The zero-order chi connectivity index (χ0) is 45.7. The van der Waals surface area contributed by atoms with Gasteiger partial charge in [-0.25, -0.2) is 14.6 Å². The molecule has 0 spiro atoms. The lowest BCUT2D eigenvalue weighted by Gasteiger charge is -2.40. The van der Waals surface area contributed by atoms with Crippen LogP contribution in [0.25, 0.3) is 33.4 Å². The molecule has 0 unspecified atom stereocenters. The maximum Gasteiger partial charge on any atom is 0.355 e. The summed E-state index contributed by atoms with van der Waals surface area (Å²) < 4.78 is 19.7. The van der Waals surface area contributed by atoms with Crippen molar-refractivity contribution >= 4 is 46.1 Å². The maximum atomic E-state index is 14.6. The Morgan fingerprint density at radius 2 is 1.89 bits per heavy atom. The van der Waals surface area contributed by atoms with Crippen LogP contribution in [0.1, 0.15) is 76.8 Å². The van der Waals surface area contributed by atoms with E-state index in [1.165, 1.54) is 21.2 Å². The first-order valence-corrected chi connectivity index (χ1v) is 23.4. The van der Waals surface area contributed by atoms with E-state index >= 15 is 0 Å². The molecular formula is C47H62N8O8S. The molecule has 0 radical (unpaired) electrons. The van der Waals surface area contributed by atoms with E-state index in [0.717, 1.165) is 44.7 Å². The molecule has 1 aromatic carbocycles. The van der Waals surface area contributed by atoms with Crippen molar-refractivity contribution in [2.75, 3.05) is 53.6 Å². The Labute approximate surface area is 378 Å². The lowest BCUT2D eigenvalue weighted by molar-refractivity contribution is -0.189. The fourth-order valence-corrected chi connectivity index (χ4v) is 10.8. The van der Waals surface area contributed by atoms with E-state index in [-0.39, 0.29) is 55.9 Å². The first-order valence-electron chi connectivity index (χ1n) is 22.5. The lowest BCUT2D eigenvalue weighted by Crippen LogP contribution is -2.67. The van der Waals surface area contributed by atoms with Gasteiger partial charge in [0, 0.05) is 104 Å². The van der Waals surface area contributed by atoms with Gasteiger partial charge in [0.15, 0.2) is 0 Å². The van der Waals surface area contributed by atoms with E-state index in [4.69, 9.17) is 24.2 Å². The van der Waals surface area contributed by atoms with Gasteiger partial charge in [0.1, 0.15) is 12.1 Å². The summed E-state index contributed by atoms with van der Waals surface area (Å²) in [4.78, 5) is 70.0.